The number of nitrogens with zero attached hydrogens (tertiary/aromatic N) is 1. The number of carbonyl (C=O) groups excluding carboxylic acids is 2. The Hall–Kier alpha value is -1.92. The van der Waals surface area contributed by atoms with Crippen LogP contribution in [-0.4, -0.2) is 49.9 Å². The number of amides is 2. The molecule has 0 spiro atoms. The maximum absolute atomic E-state index is 12.5. The largest absolute Gasteiger partial charge is 0.352 e. The van der Waals surface area contributed by atoms with E-state index in [0.717, 1.165) is 63.0 Å². The Bertz CT molecular complexity index is 649. The maximum atomic E-state index is 12.5. The van der Waals surface area contributed by atoms with E-state index in [1.807, 2.05) is 24.1 Å². The van der Waals surface area contributed by atoms with E-state index >= 15 is 0 Å². The first-order valence-electron chi connectivity index (χ1n) is 11.1. The monoisotopic (exact) mass is 400 g/mol. The molecule has 2 aliphatic heterocycles. The van der Waals surface area contributed by atoms with Crippen LogP contribution in [0.5, 0.6) is 0 Å². The molecule has 29 heavy (non-hydrogen) atoms. The predicted molar refractivity (Wildman–Crippen MR) is 115 cm³/mol. The van der Waals surface area contributed by atoms with Gasteiger partial charge in [0.1, 0.15) is 0 Å². The van der Waals surface area contributed by atoms with Crippen molar-refractivity contribution in [2.45, 2.75) is 51.6 Å². The number of benzene rings is 1. The Balaban J connectivity index is 1.38. The summed E-state index contributed by atoms with van der Waals surface area (Å²) in [5, 5.41) is 9.72. The summed E-state index contributed by atoms with van der Waals surface area (Å²) in [5.41, 5.74) is 2.21. The fourth-order valence-electron chi connectivity index (χ4n) is 4.23. The van der Waals surface area contributed by atoms with Crippen LogP contribution >= 0.6 is 0 Å². The molecule has 3 N–H and O–H groups in total. The number of rotatable bonds is 8. The van der Waals surface area contributed by atoms with Crippen molar-refractivity contribution in [3.8, 4) is 0 Å². The molecule has 2 amide bonds. The Morgan fingerprint density at radius 3 is 2.00 bits per heavy atom. The molecule has 0 atom stereocenters. The zero-order valence-electron chi connectivity index (χ0n) is 17.7. The lowest BCUT2D eigenvalue weighted by atomic mass is 9.94. The van der Waals surface area contributed by atoms with Gasteiger partial charge < -0.3 is 20.9 Å². The number of hydrogen-bond donors (Lipinski definition) is 3. The summed E-state index contributed by atoms with van der Waals surface area (Å²) in [6.07, 6.45) is 5.65. The van der Waals surface area contributed by atoms with E-state index in [-0.39, 0.29) is 11.8 Å². The first kappa shape index (κ1) is 21.8. The molecule has 6 nitrogen and oxygen atoms in total. The molecule has 0 saturated carbocycles. The third kappa shape index (κ3) is 7.44. The quantitative estimate of drug-likeness (QED) is 0.624. The van der Waals surface area contributed by atoms with Gasteiger partial charge in [0.05, 0.1) is 0 Å². The van der Waals surface area contributed by atoms with Crippen molar-refractivity contribution in [1.82, 2.24) is 20.9 Å². The summed E-state index contributed by atoms with van der Waals surface area (Å²) in [6.45, 7) is 5.29. The van der Waals surface area contributed by atoms with E-state index in [0.29, 0.717) is 37.8 Å². The van der Waals surface area contributed by atoms with Crippen LogP contribution in [-0.2, 0) is 22.7 Å². The Labute approximate surface area is 174 Å². The minimum atomic E-state index is 0.143. The van der Waals surface area contributed by atoms with Gasteiger partial charge in [-0.25, -0.2) is 0 Å². The van der Waals surface area contributed by atoms with E-state index in [2.05, 4.69) is 28.1 Å². The van der Waals surface area contributed by atoms with Crippen LogP contribution in [0.2, 0.25) is 0 Å². The first-order chi connectivity index (χ1) is 14.1. The van der Waals surface area contributed by atoms with Crippen LogP contribution in [0.1, 0.15) is 49.7 Å². The maximum Gasteiger partial charge on any atom is 0.222 e. The van der Waals surface area contributed by atoms with Crippen LogP contribution in [0, 0.1) is 11.8 Å². The second-order valence-electron chi connectivity index (χ2n) is 8.64. The van der Waals surface area contributed by atoms with E-state index in [4.69, 9.17) is 0 Å². The van der Waals surface area contributed by atoms with Crippen LogP contribution in [0.15, 0.2) is 24.3 Å². The summed E-state index contributed by atoms with van der Waals surface area (Å²) in [4.78, 5) is 26.5. The van der Waals surface area contributed by atoms with Gasteiger partial charge in [-0.3, -0.25) is 9.59 Å². The molecule has 2 aliphatic rings. The van der Waals surface area contributed by atoms with Gasteiger partial charge >= 0.3 is 0 Å². The fraction of sp³-hybridized carbons (Fsp3) is 0.652. The molecule has 2 fully saturated rings. The molecule has 2 saturated heterocycles. The first-order valence-corrected chi connectivity index (χ1v) is 11.1. The van der Waals surface area contributed by atoms with E-state index in [1.165, 1.54) is 0 Å². The van der Waals surface area contributed by atoms with Crippen molar-refractivity contribution < 1.29 is 9.59 Å². The van der Waals surface area contributed by atoms with Crippen molar-refractivity contribution in [2.24, 2.45) is 11.8 Å². The average Bonchev–Trinajstić information content (AvgIpc) is 2.74. The molecular formula is C23H36N4O2. The lowest BCUT2D eigenvalue weighted by molar-refractivity contribution is -0.131. The van der Waals surface area contributed by atoms with Crippen LogP contribution in [0.25, 0.3) is 0 Å². The minimum absolute atomic E-state index is 0.143. The molecular weight excluding hydrogens is 364 g/mol. The Kier molecular flexibility index (Phi) is 8.50. The molecule has 0 radical (unpaired) electrons. The lowest BCUT2D eigenvalue weighted by Gasteiger charge is -2.25. The molecule has 160 valence electrons. The van der Waals surface area contributed by atoms with Gasteiger partial charge in [-0.2, -0.15) is 0 Å². The van der Waals surface area contributed by atoms with E-state index in [1.54, 1.807) is 0 Å². The summed E-state index contributed by atoms with van der Waals surface area (Å²) in [5.74, 6) is 1.40. The van der Waals surface area contributed by atoms with Gasteiger partial charge in [0.25, 0.3) is 0 Å². The number of carbonyl (C=O) groups is 2. The average molecular weight is 401 g/mol. The fourth-order valence-corrected chi connectivity index (χ4v) is 4.23. The Morgan fingerprint density at radius 2 is 1.41 bits per heavy atom. The smallest absolute Gasteiger partial charge is 0.222 e. The molecule has 0 aromatic heterocycles. The normalized spacial score (nSPS) is 18.4. The van der Waals surface area contributed by atoms with Gasteiger partial charge in [-0.1, -0.05) is 24.3 Å². The second-order valence-corrected chi connectivity index (χ2v) is 8.64. The van der Waals surface area contributed by atoms with Gasteiger partial charge in [0.15, 0.2) is 0 Å². The Morgan fingerprint density at radius 1 is 0.897 bits per heavy atom. The zero-order valence-corrected chi connectivity index (χ0v) is 17.7. The van der Waals surface area contributed by atoms with Crippen molar-refractivity contribution >= 4 is 11.8 Å². The molecule has 0 bridgehead atoms. The highest BCUT2D eigenvalue weighted by molar-refractivity contribution is 5.76. The second kappa shape index (κ2) is 11.3. The third-order valence-electron chi connectivity index (χ3n) is 6.21. The molecule has 0 unspecified atom stereocenters. The predicted octanol–water partition coefficient (Wildman–Crippen LogP) is 2.04. The van der Waals surface area contributed by atoms with E-state index < -0.39 is 0 Å². The van der Waals surface area contributed by atoms with Gasteiger partial charge in [0, 0.05) is 33.0 Å². The lowest BCUT2D eigenvalue weighted by Crippen LogP contribution is -2.33. The van der Waals surface area contributed by atoms with Crippen molar-refractivity contribution in [2.75, 3.05) is 33.2 Å². The molecule has 0 aliphatic carbocycles. The third-order valence-corrected chi connectivity index (χ3v) is 6.21. The summed E-state index contributed by atoms with van der Waals surface area (Å²) in [6, 6.07) is 8.21. The molecule has 1 aromatic carbocycles. The zero-order chi connectivity index (χ0) is 20.5. The van der Waals surface area contributed by atoms with Gasteiger partial charge in [0.2, 0.25) is 11.8 Å². The summed E-state index contributed by atoms with van der Waals surface area (Å²) in [7, 11) is 1.89. The van der Waals surface area contributed by atoms with Crippen molar-refractivity contribution in [3.05, 3.63) is 35.4 Å². The topological polar surface area (TPSA) is 73.5 Å². The van der Waals surface area contributed by atoms with E-state index in [9.17, 15) is 9.59 Å². The molecule has 6 heteroatoms. The number of nitrogens with one attached hydrogen (secondary N) is 3. The number of hydrogen-bond acceptors (Lipinski definition) is 4. The highest BCUT2D eigenvalue weighted by Gasteiger charge is 2.19. The number of piperidine rings is 2. The molecule has 2 heterocycles. The van der Waals surface area contributed by atoms with Crippen LogP contribution < -0.4 is 16.0 Å². The highest BCUT2D eigenvalue weighted by Crippen LogP contribution is 2.18. The minimum Gasteiger partial charge on any atom is -0.352 e. The highest BCUT2D eigenvalue weighted by atomic mass is 16.2. The standard InChI is InChI=1S/C23H36N4O2/c1-27(23(29)15-19-8-12-25-13-9-19)17-21-4-2-20(3-5-21)16-26-22(28)14-18-6-10-24-11-7-18/h2-5,18-19,24-25H,6-17H2,1H3,(H,26,28). The van der Waals surface area contributed by atoms with Crippen molar-refractivity contribution in [1.29, 1.82) is 0 Å². The van der Waals surface area contributed by atoms with Crippen LogP contribution in [0.4, 0.5) is 0 Å². The van der Waals surface area contributed by atoms with Crippen LogP contribution in [0.3, 0.4) is 0 Å². The summed E-state index contributed by atoms with van der Waals surface area (Å²) < 4.78 is 0. The molecule has 3 rings (SSSR count). The SMILES string of the molecule is CN(Cc1ccc(CNC(=O)CC2CCNCC2)cc1)C(=O)CC1CCNCC1. The molecule has 1 aromatic rings. The summed E-state index contributed by atoms with van der Waals surface area (Å²) >= 11 is 0. The van der Waals surface area contributed by atoms with Gasteiger partial charge in [-0.05, 0) is 74.8 Å². The van der Waals surface area contributed by atoms with Gasteiger partial charge in [-0.15, -0.1) is 0 Å². The van der Waals surface area contributed by atoms with Crippen molar-refractivity contribution in [3.63, 3.8) is 0 Å².